The van der Waals surface area contributed by atoms with Crippen LogP contribution in [0.4, 0.5) is 0 Å². The summed E-state index contributed by atoms with van der Waals surface area (Å²) < 4.78 is 21.0. The van der Waals surface area contributed by atoms with Crippen molar-refractivity contribution < 1.29 is 52.8 Å². The molecule has 0 rings (SSSR count). The van der Waals surface area contributed by atoms with E-state index in [1.54, 1.807) is 0 Å². The minimum atomic E-state index is -1.27. The van der Waals surface area contributed by atoms with E-state index < -0.39 is 17.9 Å². The van der Waals surface area contributed by atoms with Crippen LogP contribution in [0.25, 0.3) is 0 Å². The van der Waals surface area contributed by atoms with Gasteiger partial charge in [0.05, 0.1) is 39.6 Å². The van der Waals surface area contributed by atoms with E-state index in [0.717, 1.165) is 12.8 Å². The number of unbranched alkanes of at least 4 members (excludes halogenated alkanes) is 1. The topological polar surface area (TPSA) is 246 Å². The van der Waals surface area contributed by atoms with E-state index in [4.69, 9.17) is 24.7 Å². The van der Waals surface area contributed by atoms with Crippen molar-refractivity contribution in [3.63, 3.8) is 0 Å². The molecule has 1 unspecified atom stereocenters. The first-order valence-corrected chi connectivity index (χ1v) is 15.8. The third-order valence-electron chi connectivity index (χ3n) is 6.00. The van der Waals surface area contributed by atoms with E-state index in [2.05, 4.69) is 26.6 Å². The van der Waals surface area contributed by atoms with Crippen molar-refractivity contribution in [2.24, 2.45) is 5.73 Å². The lowest BCUT2D eigenvalue weighted by Crippen LogP contribution is -2.43. The van der Waals surface area contributed by atoms with Gasteiger partial charge in [-0.3, -0.25) is 24.0 Å². The second kappa shape index (κ2) is 30.3. The highest BCUT2D eigenvalue weighted by Gasteiger charge is 2.21. The van der Waals surface area contributed by atoms with Crippen LogP contribution in [0.5, 0.6) is 0 Å². The molecule has 0 aliphatic carbocycles. The first-order valence-electron chi connectivity index (χ1n) is 15.8. The predicted molar refractivity (Wildman–Crippen MR) is 167 cm³/mol. The van der Waals surface area contributed by atoms with Crippen LogP contribution in [0.1, 0.15) is 58.3 Å². The third-order valence-corrected chi connectivity index (χ3v) is 6.00. The van der Waals surface area contributed by atoms with Gasteiger partial charge < -0.3 is 56.4 Å². The molecule has 46 heavy (non-hydrogen) atoms. The van der Waals surface area contributed by atoms with Crippen molar-refractivity contribution in [3.8, 4) is 0 Å². The van der Waals surface area contributed by atoms with Crippen molar-refractivity contribution in [1.29, 1.82) is 0 Å². The van der Waals surface area contributed by atoms with Crippen molar-refractivity contribution in [2.45, 2.75) is 64.3 Å². The van der Waals surface area contributed by atoms with Crippen LogP contribution in [0.2, 0.25) is 0 Å². The first-order chi connectivity index (χ1) is 22.2. The molecule has 0 saturated heterocycles. The minimum Gasteiger partial charge on any atom is -0.480 e. The molecule has 0 aliphatic rings. The summed E-state index contributed by atoms with van der Waals surface area (Å²) >= 11 is 0. The number of carboxylic acid groups (broad SMARTS) is 1. The number of amides is 5. The van der Waals surface area contributed by atoms with Crippen molar-refractivity contribution in [2.75, 3.05) is 85.6 Å². The van der Waals surface area contributed by atoms with Gasteiger partial charge in [0.2, 0.25) is 29.5 Å². The Bertz CT molecular complexity index is 879. The molecule has 0 heterocycles. The molecule has 0 radical (unpaired) electrons. The van der Waals surface area contributed by atoms with Gasteiger partial charge in [-0.1, -0.05) is 13.3 Å². The number of carbonyl (C=O) groups is 6. The highest BCUT2D eigenvalue weighted by atomic mass is 16.5. The van der Waals surface area contributed by atoms with Gasteiger partial charge in [-0.15, -0.1) is 0 Å². The Morgan fingerprint density at radius 1 is 0.587 bits per heavy atom. The summed E-state index contributed by atoms with van der Waals surface area (Å²) in [4.78, 5) is 70.3. The average molecular weight is 663 g/mol. The summed E-state index contributed by atoms with van der Waals surface area (Å²) in [5.74, 6) is -2.76. The van der Waals surface area contributed by atoms with Crippen LogP contribution in [-0.2, 0) is 47.7 Å². The maximum atomic E-state index is 12.0. The van der Waals surface area contributed by atoms with Crippen LogP contribution < -0.4 is 32.3 Å². The minimum absolute atomic E-state index is 0.0681. The fourth-order valence-corrected chi connectivity index (χ4v) is 3.52. The summed E-state index contributed by atoms with van der Waals surface area (Å²) in [6.45, 7) is 4.78. The molecule has 0 bridgehead atoms. The average Bonchev–Trinajstić information content (AvgIpc) is 3.02. The van der Waals surface area contributed by atoms with E-state index in [1.807, 2.05) is 6.92 Å². The van der Waals surface area contributed by atoms with Crippen LogP contribution in [0.3, 0.4) is 0 Å². The second-order valence-electron chi connectivity index (χ2n) is 10.1. The smallest absolute Gasteiger partial charge is 0.326 e. The number of aliphatic carboxylic acids is 1. The number of carbonyl (C=O) groups excluding carboxylic acids is 5. The zero-order valence-electron chi connectivity index (χ0n) is 27.0. The van der Waals surface area contributed by atoms with Gasteiger partial charge in [0.15, 0.2) is 0 Å². The molecule has 0 fully saturated rings. The number of nitrogens with two attached hydrogens (primary N) is 1. The Kier molecular flexibility index (Phi) is 28.1. The van der Waals surface area contributed by atoms with Crippen LogP contribution >= 0.6 is 0 Å². The first kappa shape index (κ1) is 42.6. The lowest BCUT2D eigenvalue weighted by Gasteiger charge is -2.14. The van der Waals surface area contributed by atoms with E-state index in [9.17, 15) is 33.9 Å². The molecule has 5 amide bonds. The second-order valence-corrected chi connectivity index (χ2v) is 10.1. The van der Waals surface area contributed by atoms with E-state index >= 15 is 0 Å². The largest absolute Gasteiger partial charge is 0.480 e. The lowest BCUT2D eigenvalue weighted by molar-refractivity contribution is -0.143. The summed E-state index contributed by atoms with van der Waals surface area (Å²) in [5.41, 5.74) is 5.34. The Hall–Kier alpha value is -3.38. The maximum absolute atomic E-state index is 12.0. The number of hydrogen-bond donors (Lipinski definition) is 7. The van der Waals surface area contributed by atoms with E-state index in [-0.39, 0.29) is 95.7 Å². The monoisotopic (exact) mass is 662 g/mol. The molecule has 0 aromatic carbocycles. The van der Waals surface area contributed by atoms with Crippen molar-refractivity contribution in [3.05, 3.63) is 0 Å². The van der Waals surface area contributed by atoms with Crippen molar-refractivity contribution in [1.82, 2.24) is 26.6 Å². The van der Waals surface area contributed by atoms with E-state index in [1.165, 1.54) is 0 Å². The summed E-state index contributed by atoms with van der Waals surface area (Å²) in [6.07, 6.45) is 3.46. The molecule has 8 N–H and O–H groups in total. The van der Waals surface area contributed by atoms with Crippen LogP contribution in [0.15, 0.2) is 0 Å². The number of carboxylic acids is 1. The fraction of sp³-hybridized carbons (Fsp3) is 0.793. The quantitative estimate of drug-likeness (QED) is 0.0406. The van der Waals surface area contributed by atoms with Crippen LogP contribution in [-0.4, -0.2) is 132 Å². The van der Waals surface area contributed by atoms with Crippen molar-refractivity contribution >= 4 is 35.5 Å². The fourth-order valence-electron chi connectivity index (χ4n) is 3.52. The number of rotatable bonds is 31. The highest BCUT2D eigenvalue weighted by Crippen LogP contribution is 1.99. The van der Waals surface area contributed by atoms with Gasteiger partial charge in [0.25, 0.3) is 0 Å². The third kappa shape index (κ3) is 28.1. The Balaban J connectivity index is 3.75. The summed E-state index contributed by atoms with van der Waals surface area (Å²) in [7, 11) is 0. The summed E-state index contributed by atoms with van der Waals surface area (Å²) in [6, 6.07) is -1.26. The van der Waals surface area contributed by atoms with E-state index in [0.29, 0.717) is 52.0 Å². The normalized spacial score (nSPS) is 11.3. The Morgan fingerprint density at radius 2 is 1.07 bits per heavy atom. The number of hydrogen-bond acceptors (Lipinski definition) is 11. The lowest BCUT2D eigenvalue weighted by atomic mass is 10.1. The van der Waals surface area contributed by atoms with Gasteiger partial charge in [0, 0.05) is 45.4 Å². The molecule has 0 aromatic heterocycles. The molecular formula is C29H54N6O11. The molecule has 0 saturated carbocycles. The highest BCUT2D eigenvalue weighted by molar-refractivity contribution is 5.85. The molecule has 0 spiro atoms. The number of nitrogens with one attached hydrogen (secondary N) is 5. The Morgan fingerprint density at radius 3 is 1.63 bits per heavy atom. The molecule has 1 atom stereocenters. The zero-order chi connectivity index (χ0) is 34.3. The molecule has 0 aromatic rings. The van der Waals surface area contributed by atoms with Gasteiger partial charge in [0.1, 0.15) is 19.3 Å². The maximum Gasteiger partial charge on any atom is 0.326 e. The molecular weight excluding hydrogens is 608 g/mol. The standard InChI is InChI=1S/C29H54N6O11/c1-2-3-11-31-25(37)7-5-12-32-26(38)9-8-23(29(41)42)35-28(40)22-46-20-18-44-16-14-34-27(39)21-45-19-17-43-15-13-33-24(36)6-4-10-30/h23H,2-22,30H2,1H3,(H,31,37)(H,32,38)(H,33,36)(H,34,39)(H,35,40)(H,41,42). The molecule has 266 valence electrons. The summed E-state index contributed by atoms with van der Waals surface area (Å²) in [5, 5.41) is 22.4. The molecule has 0 aliphatic heterocycles. The SMILES string of the molecule is CCCCNC(=O)CCCNC(=O)CCC(NC(=O)COCCOCCNC(=O)COCCOCCNC(=O)CCCN)C(=O)O. The van der Waals surface area contributed by atoms with Gasteiger partial charge in [-0.25, -0.2) is 4.79 Å². The number of ether oxygens (including phenoxy) is 4. The van der Waals surface area contributed by atoms with Gasteiger partial charge in [-0.05, 0) is 32.2 Å². The predicted octanol–water partition coefficient (Wildman–Crippen LogP) is -1.81. The van der Waals surface area contributed by atoms with Gasteiger partial charge >= 0.3 is 5.97 Å². The zero-order valence-corrected chi connectivity index (χ0v) is 27.0. The molecule has 17 nitrogen and oxygen atoms in total. The van der Waals surface area contributed by atoms with Crippen LogP contribution in [0, 0.1) is 0 Å². The Labute approximate surface area is 270 Å². The van der Waals surface area contributed by atoms with Gasteiger partial charge in [-0.2, -0.15) is 0 Å². The molecule has 17 heteroatoms.